The number of ketones is 1. The number of hydrogen-bond acceptors (Lipinski definition) is 9. The maximum atomic E-state index is 14.0. The van der Waals surface area contributed by atoms with Crippen molar-refractivity contribution in [3.8, 4) is 5.69 Å². The number of likely N-dealkylation sites (N-methyl/N-ethyl adjacent to an activating group) is 1. The van der Waals surface area contributed by atoms with Gasteiger partial charge in [0.1, 0.15) is 13.2 Å². The van der Waals surface area contributed by atoms with E-state index >= 15 is 0 Å². The molecule has 4 rings (SSSR count). The quantitative estimate of drug-likeness (QED) is 0.176. The van der Waals surface area contributed by atoms with Crippen LogP contribution in [0.5, 0.6) is 0 Å². The first-order chi connectivity index (χ1) is 22.7. The number of carbonyl (C=O) groups excluding carboxylic acids is 4. The Morgan fingerprint density at radius 2 is 1.78 bits per heavy atom. The minimum atomic E-state index is -4.82. The molecule has 2 aromatic rings. The van der Waals surface area contributed by atoms with E-state index in [9.17, 15) is 32.3 Å². The van der Waals surface area contributed by atoms with E-state index < -0.39 is 52.6 Å². The summed E-state index contributed by atoms with van der Waals surface area (Å²) < 4.78 is 60.1. The molecule has 1 heterocycles. The number of esters is 2. The molecule has 1 aromatic carbocycles. The minimum absolute atomic E-state index is 0.0189. The van der Waals surface area contributed by atoms with E-state index in [1.807, 2.05) is 35.0 Å². The fraction of sp³-hybridized carbons (Fsp3) is 0.618. The molecule has 0 spiro atoms. The third kappa shape index (κ3) is 10.3. The first kappa shape index (κ1) is 37.8. The van der Waals surface area contributed by atoms with E-state index in [1.54, 1.807) is 6.07 Å². The molecule has 2 aliphatic carbocycles. The van der Waals surface area contributed by atoms with Gasteiger partial charge >= 0.3 is 18.1 Å². The zero-order valence-corrected chi connectivity index (χ0v) is 28.9. The second-order valence-electron chi connectivity index (χ2n) is 14.7. The van der Waals surface area contributed by atoms with Gasteiger partial charge in [-0.05, 0) is 55.7 Å². The second kappa shape index (κ2) is 14.9. The summed E-state index contributed by atoms with van der Waals surface area (Å²) in [7, 11) is 5.80. The number of rotatable bonds is 13. The highest BCUT2D eigenvalue weighted by atomic mass is 19.4. The second-order valence-corrected chi connectivity index (χ2v) is 14.7. The molecular weight excluding hydrogens is 647 g/mol. The highest BCUT2D eigenvalue weighted by molar-refractivity contribution is 6.00. The van der Waals surface area contributed by atoms with Crippen LogP contribution in [-0.2, 0) is 36.4 Å². The number of nitrogens with two attached hydrogens (primary N) is 1. The predicted octanol–water partition coefficient (Wildman–Crippen LogP) is 4.46. The van der Waals surface area contributed by atoms with Crippen molar-refractivity contribution in [1.29, 1.82) is 0 Å². The van der Waals surface area contributed by atoms with Crippen LogP contribution in [0.2, 0.25) is 0 Å². The molecule has 1 saturated carbocycles. The first-order valence-electron chi connectivity index (χ1n) is 16.4. The van der Waals surface area contributed by atoms with E-state index in [0.29, 0.717) is 42.4 Å². The molecule has 49 heavy (non-hydrogen) atoms. The number of primary amides is 1. The van der Waals surface area contributed by atoms with E-state index in [-0.39, 0.29) is 61.6 Å². The van der Waals surface area contributed by atoms with Crippen LogP contribution in [0.15, 0.2) is 18.2 Å². The third-order valence-corrected chi connectivity index (χ3v) is 8.54. The van der Waals surface area contributed by atoms with E-state index in [4.69, 9.17) is 19.9 Å². The molecule has 270 valence electrons. The zero-order chi connectivity index (χ0) is 36.3. The van der Waals surface area contributed by atoms with Gasteiger partial charge < -0.3 is 29.7 Å². The number of carbonyl (C=O) groups is 4. The molecule has 3 N–H and O–H groups in total. The Balaban J connectivity index is 1.36. The lowest BCUT2D eigenvalue weighted by atomic mass is 9.75. The number of quaternary nitrogens is 1. The van der Waals surface area contributed by atoms with Gasteiger partial charge in [-0.2, -0.15) is 18.3 Å². The number of nitrogens with zero attached hydrogens (tertiary/aromatic N) is 3. The lowest BCUT2D eigenvalue weighted by Gasteiger charge is -2.31. The number of halogens is 3. The third-order valence-electron chi connectivity index (χ3n) is 8.54. The molecule has 2 aliphatic rings. The molecule has 1 atom stereocenters. The van der Waals surface area contributed by atoms with Gasteiger partial charge in [0.25, 0.3) is 5.91 Å². The lowest BCUT2D eigenvalue weighted by Crippen LogP contribution is -2.43. The topological polar surface area (TPSA) is 152 Å². The number of alkyl halides is 3. The number of ether oxygens (including phenoxy) is 3. The molecule has 15 heteroatoms. The van der Waals surface area contributed by atoms with Crippen LogP contribution in [0, 0.1) is 5.41 Å². The monoisotopic (exact) mass is 694 g/mol. The number of nitrogens with one attached hydrogen (secondary N) is 1. The van der Waals surface area contributed by atoms with Crippen LogP contribution >= 0.6 is 0 Å². The van der Waals surface area contributed by atoms with Crippen LogP contribution in [0.1, 0.15) is 91.4 Å². The molecule has 1 fully saturated rings. The Hall–Kier alpha value is -3.98. The summed E-state index contributed by atoms with van der Waals surface area (Å²) in [4.78, 5) is 49.0. The van der Waals surface area contributed by atoms with Crippen molar-refractivity contribution in [2.45, 2.75) is 90.1 Å². The minimum Gasteiger partial charge on any atom is -0.463 e. The number of fused-ring (bicyclic) bond motifs is 1. The number of Topliss-reactive ketones (excluding diaryl/α,β-unsaturated/α-hetero) is 1. The van der Waals surface area contributed by atoms with E-state index in [0.717, 1.165) is 4.68 Å². The highest BCUT2D eigenvalue weighted by Crippen LogP contribution is 2.42. The van der Waals surface area contributed by atoms with Gasteiger partial charge in [-0.25, -0.2) is 4.68 Å². The number of benzene rings is 1. The zero-order valence-electron chi connectivity index (χ0n) is 28.9. The summed E-state index contributed by atoms with van der Waals surface area (Å²) in [5.74, 6) is -2.25. The van der Waals surface area contributed by atoms with Crippen molar-refractivity contribution in [3.63, 3.8) is 0 Å². The fourth-order valence-corrected chi connectivity index (χ4v) is 6.56. The molecular formula is C34H47F3N5O7+. The van der Waals surface area contributed by atoms with Gasteiger partial charge in [0, 0.05) is 25.1 Å². The van der Waals surface area contributed by atoms with E-state index in [1.165, 1.54) is 19.1 Å². The highest BCUT2D eigenvalue weighted by Gasteiger charge is 2.45. The van der Waals surface area contributed by atoms with Gasteiger partial charge in [0.05, 0.1) is 62.8 Å². The van der Waals surface area contributed by atoms with Crippen molar-refractivity contribution < 1.29 is 51.0 Å². The van der Waals surface area contributed by atoms with Crippen molar-refractivity contribution in [3.05, 3.63) is 40.7 Å². The van der Waals surface area contributed by atoms with Crippen LogP contribution in [0.4, 0.5) is 18.9 Å². The smallest absolute Gasteiger partial charge is 0.435 e. The number of aromatic nitrogens is 2. The standard InChI is InChI=1S/C34H46F3N5O7/c1-20(43)49-24(19-42(4,5)6)16-29(45)48-14-13-47-23-10-7-21(8-11-23)39-26-15-22(9-12-25(26)32(38)46)41-27-17-33(2,3)18-28(44)30(27)31(40-41)34(35,36)37/h9,12,15,21,23-24H,7-8,10-11,13-14,16-19H2,1-6H3,(H2-,38,39,46)/p+1. The summed E-state index contributed by atoms with van der Waals surface area (Å²) in [6.45, 7) is 5.66. The Labute approximate surface area is 284 Å². The molecule has 12 nitrogen and oxygen atoms in total. The number of amides is 1. The number of anilines is 1. The Morgan fingerprint density at radius 3 is 2.37 bits per heavy atom. The van der Waals surface area contributed by atoms with Crippen molar-refractivity contribution >= 4 is 29.3 Å². The Kier molecular flexibility index (Phi) is 11.5. The van der Waals surface area contributed by atoms with Crippen LogP contribution in [0.3, 0.4) is 0 Å². The fourth-order valence-electron chi connectivity index (χ4n) is 6.56. The molecule has 1 aromatic heterocycles. The summed E-state index contributed by atoms with van der Waals surface area (Å²) in [6.07, 6.45) is -2.67. The molecule has 0 radical (unpaired) electrons. The lowest BCUT2D eigenvalue weighted by molar-refractivity contribution is -0.873. The van der Waals surface area contributed by atoms with Gasteiger partial charge in [-0.1, -0.05) is 13.8 Å². The van der Waals surface area contributed by atoms with Crippen LogP contribution in [0.25, 0.3) is 5.69 Å². The summed E-state index contributed by atoms with van der Waals surface area (Å²) in [5, 5.41) is 7.21. The van der Waals surface area contributed by atoms with Gasteiger partial charge in [0.15, 0.2) is 17.6 Å². The average Bonchev–Trinajstić information content (AvgIpc) is 3.34. The van der Waals surface area contributed by atoms with E-state index in [2.05, 4.69) is 10.4 Å². The number of hydrogen-bond donors (Lipinski definition) is 2. The maximum Gasteiger partial charge on any atom is 0.435 e. The molecule has 0 bridgehead atoms. The van der Waals surface area contributed by atoms with Gasteiger partial charge in [-0.15, -0.1) is 0 Å². The Bertz CT molecular complexity index is 1560. The average molecular weight is 695 g/mol. The normalized spacial score (nSPS) is 19.9. The predicted molar refractivity (Wildman–Crippen MR) is 173 cm³/mol. The largest absolute Gasteiger partial charge is 0.463 e. The van der Waals surface area contributed by atoms with Gasteiger partial charge in [-0.3, -0.25) is 19.2 Å². The van der Waals surface area contributed by atoms with Crippen molar-refractivity contribution in [2.24, 2.45) is 11.1 Å². The summed E-state index contributed by atoms with van der Waals surface area (Å²) in [6, 6.07) is 4.39. The van der Waals surface area contributed by atoms with Gasteiger partial charge in [0.2, 0.25) is 0 Å². The molecule has 0 saturated heterocycles. The van der Waals surface area contributed by atoms with Crippen LogP contribution in [-0.4, -0.2) is 97.0 Å². The molecule has 1 amide bonds. The van der Waals surface area contributed by atoms with Crippen molar-refractivity contribution in [2.75, 3.05) is 46.2 Å². The molecule has 1 unspecified atom stereocenters. The Morgan fingerprint density at radius 1 is 1.10 bits per heavy atom. The maximum absolute atomic E-state index is 14.0. The SMILES string of the molecule is CC(=O)OC(CC(=O)OCCOC1CCC(Nc2cc(-n3nc(C(F)(F)F)c4c3CC(C)(C)CC4=O)ccc2C(N)=O)CC1)C[N+](C)(C)C. The summed E-state index contributed by atoms with van der Waals surface area (Å²) >= 11 is 0. The van der Waals surface area contributed by atoms with Crippen molar-refractivity contribution in [1.82, 2.24) is 9.78 Å². The van der Waals surface area contributed by atoms with Crippen LogP contribution < -0.4 is 11.1 Å². The summed E-state index contributed by atoms with van der Waals surface area (Å²) in [5.41, 5.74) is 4.47. The first-order valence-corrected chi connectivity index (χ1v) is 16.4. The molecule has 0 aliphatic heterocycles.